The Morgan fingerprint density at radius 2 is 2.10 bits per heavy atom. The minimum atomic E-state index is 0. The van der Waals surface area contributed by atoms with E-state index in [9.17, 15) is 0 Å². The molecule has 0 radical (unpaired) electrons. The summed E-state index contributed by atoms with van der Waals surface area (Å²) in [5.41, 5.74) is 1.18. The summed E-state index contributed by atoms with van der Waals surface area (Å²) in [6.07, 6.45) is 4.46. The van der Waals surface area contributed by atoms with Gasteiger partial charge in [-0.2, -0.15) is 12.1 Å². The molecule has 1 rings (SSSR count). The molecule has 4 heteroatoms. The molecule has 0 atom stereocenters. The predicted octanol–water partition coefficient (Wildman–Crippen LogP) is -0.0344. The van der Waals surface area contributed by atoms with Crippen molar-refractivity contribution in [3.63, 3.8) is 0 Å². The van der Waals surface area contributed by atoms with E-state index in [1.54, 1.807) is 12.3 Å². The summed E-state index contributed by atoms with van der Waals surface area (Å²) in [7, 11) is 0. The van der Waals surface area contributed by atoms with Crippen molar-refractivity contribution in [2.45, 2.75) is 6.92 Å². The van der Waals surface area contributed by atoms with Crippen molar-refractivity contribution in [2.75, 3.05) is 0 Å². The van der Waals surface area contributed by atoms with Crippen LogP contribution in [-0.2, 0) is 0 Å². The van der Waals surface area contributed by atoms with Gasteiger partial charge in [-0.25, -0.2) is 0 Å². The van der Waals surface area contributed by atoms with E-state index in [0.717, 1.165) is 0 Å². The molecule has 10 heavy (non-hydrogen) atoms. The zero-order chi connectivity index (χ0) is 7.11. The Hall–Kier alpha value is 1.21. The SMILES string of the molecule is Cc1cc[c-]nc1.II.[Li+]. The molecule has 50 valence electrons. The second-order valence-corrected chi connectivity index (χ2v) is 1.46. The standard InChI is InChI=1S/C6H6N.I2.Li/c1-6-3-2-4-7-5-6;1-2;/h2-3,5H,1H3;;/q-1;;+1. The summed E-state index contributed by atoms with van der Waals surface area (Å²) in [6.45, 7) is 2.00. The van der Waals surface area contributed by atoms with Crippen LogP contribution in [0.15, 0.2) is 18.3 Å². The van der Waals surface area contributed by atoms with Gasteiger partial charge in [-0.05, 0) is 0 Å². The van der Waals surface area contributed by atoms with E-state index in [4.69, 9.17) is 0 Å². The minimum Gasteiger partial charge on any atom is -0.394 e. The molecule has 0 saturated heterocycles. The molecule has 0 amide bonds. The molecule has 0 aliphatic carbocycles. The van der Waals surface area contributed by atoms with Crippen LogP contribution in [0, 0.1) is 13.1 Å². The van der Waals surface area contributed by atoms with Gasteiger partial charge < -0.3 is 4.98 Å². The van der Waals surface area contributed by atoms with Gasteiger partial charge in [0.25, 0.3) is 0 Å². The molecule has 0 aliphatic heterocycles. The fraction of sp³-hybridized carbons (Fsp3) is 0.167. The van der Waals surface area contributed by atoms with Gasteiger partial charge in [-0.15, -0.1) is 5.56 Å². The number of rotatable bonds is 0. The maximum Gasteiger partial charge on any atom is 1.00 e. The van der Waals surface area contributed by atoms with E-state index in [2.05, 4.69) is 48.4 Å². The average Bonchev–Trinajstić information content (AvgIpc) is 1.94. The van der Waals surface area contributed by atoms with Crippen LogP contribution < -0.4 is 18.9 Å². The summed E-state index contributed by atoms with van der Waals surface area (Å²) >= 11 is 4.24. The zero-order valence-electron chi connectivity index (χ0n) is 5.94. The summed E-state index contributed by atoms with van der Waals surface area (Å²) < 4.78 is 0. The van der Waals surface area contributed by atoms with Gasteiger partial charge in [0.05, 0.1) is 0 Å². The molecule has 1 aromatic heterocycles. The van der Waals surface area contributed by atoms with E-state index in [1.807, 2.05) is 13.0 Å². The van der Waals surface area contributed by atoms with Crippen LogP contribution in [0.2, 0.25) is 0 Å². The Labute approximate surface area is 96.9 Å². The summed E-state index contributed by atoms with van der Waals surface area (Å²) in [5, 5.41) is 0. The van der Waals surface area contributed by atoms with E-state index in [1.165, 1.54) is 5.56 Å². The molecule has 0 spiro atoms. The van der Waals surface area contributed by atoms with Gasteiger partial charge >= 0.3 is 18.9 Å². The third kappa shape index (κ3) is 7.32. The molecule has 1 nitrogen and oxygen atoms in total. The third-order valence-electron chi connectivity index (χ3n) is 0.763. The molecule has 0 aromatic carbocycles. The Morgan fingerprint density at radius 3 is 2.30 bits per heavy atom. The molecule has 0 fully saturated rings. The number of nitrogens with zero attached hydrogens (tertiary/aromatic N) is 1. The summed E-state index contributed by atoms with van der Waals surface area (Å²) in [6, 6.07) is 3.77. The van der Waals surface area contributed by atoms with Crippen LogP contribution in [0.3, 0.4) is 0 Å². The second kappa shape index (κ2) is 10.2. The number of aromatic nitrogens is 1. The fourth-order valence-corrected chi connectivity index (χ4v) is 0.394. The van der Waals surface area contributed by atoms with Gasteiger partial charge in [0.2, 0.25) is 0 Å². The van der Waals surface area contributed by atoms with Gasteiger partial charge in [-0.3, -0.25) is 0 Å². The fourth-order valence-electron chi connectivity index (χ4n) is 0.394. The van der Waals surface area contributed by atoms with Crippen LogP contribution in [-0.4, -0.2) is 4.98 Å². The first-order chi connectivity index (χ1) is 4.39. The van der Waals surface area contributed by atoms with Crippen molar-refractivity contribution >= 4 is 37.2 Å². The maximum absolute atomic E-state index is 3.76. The Balaban J connectivity index is 0. The largest absolute Gasteiger partial charge is 1.00 e. The molecular weight excluding hydrogens is 347 g/mol. The number of pyridine rings is 1. The van der Waals surface area contributed by atoms with E-state index in [-0.39, 0.29) is 18.9 Å². The first kappa shape index (κ1) is 13.8. The number of aryl methyl sites for hydroxylation is 1. The predicted molar refractivity (Wildman–Crippen MR) is 55.9 cm³/mol. The van der Waals surface area contributed by atoms with Crippen LogP contribution in [0.25, 0.3) is 0 Å². The van der Waals surface area contributed by atoms with E-state index >= 15 is 0 Å². The van der Waals surface area contributed by atoms with Crippen molar-refractivity contribution in [2.24, 2.45) is 0 Å². The normalized spacial score (nSPS) is 6.70. The van der Waals surface area contributed by atoms with Gasteiger partial charge in [-0.1, -0.05) is 19.3 Å². The monoisotopic (exact) mass is 353 g/mol. The molecule has 1 aromatic rings. The zero-order valence-corrected chi connectivity index (χ0v) is 10.3. The van der Waals surface area contributed by atoms with Crippen molar-refractivity contribution in [3.05, 3.63) is 30.1 Å². The summed E-state index contributed by atoms with van der Waals surface area (Å²) in [4.78, 5) is 3.76. The Kier molecular flexibility index (Phi) is 14.1. The topological polar surface area (TPSA) is 12.9 Å². The second-order valence-electron chi connectivity index (χ2n) is 1.46. The minimum absolute atomic E-state index is 0. The molecule has 0 N–H and O–H groups in total. The molecular formula is C6H6I2LiN. The number of hydrogen-bond acceptors (Lipinski definition) is 1. The van der Waals surface area contributed by atoms with Crippen molar-refractivity contribution in [3.8, 4) is 0 Å². The van der Waals surface area contributed by atoms with Crippen molar-refractivity contribution in [1.29, 1.82) is 0 Å². The van der Waals surface area contributed by atoms with Crippen molar-refractivity contribution in [1.82, 2.24) is 4.98 Å². The Bertz CT molecular complexity index is 146. The van der Waals surface area contributed by atoms with Crippen LogP contribution in [0.5, 0.6) is 0 Å². The Morgan fingerprint density at radius 1 is 1.50 bits per heavy atom. The smallest absolute Gasteiger partial charge is 0.394 e. The van der Waals surface area contributed by atoms with E-state index < -0.39 is 0 Å². The van der Waals surface area contributed by atoms with Crippen LogP contribution in [0.1, 0.15) is 5.56 Å². The first-order valence-corrected chi connectivity index (χ1v) is 8.61. The van der Waals surface area contributed by atoms with Crippen LogP contribution in [0.4, 0.5) is 0 Å². The van der Waals surface area contributed by atoms with Gasteiger partial charge in [0.1, 0.15) is 0 Å². The van der Waals surface area contributed by atoms with Crippen molar-refractivity contribution < 1.29 is 18.9 Å². The maximum atomic E-state index is 3.76. The third-order valence-corrected chi connectivity index (χ3v) is 0.763. The van der Waals surface area contributed by atoms with Crippen LogP contribution >= 0.6 is 37.2 Å². The molecule has 1 heterocycles. The van der Waals surface area contributed by atoms with E-state index in [0.29, 0.717) is 0 Å². The number of halogens is 2. The summed E-state index contributed by atoms with van der Waals surface area (Å²) in [5.74, 6) is 0. The molecule has 0 aliphatic rings. The molecule has 0 bridgehead atoms. The van der Waals surface area contributed by atoms with Gasteiger partial charge in [0, 0.05) is 37.2 Å². The average molecular weight is 353 g/mol. The molecule has 0 saturated carbocycles. The number of hydrogen-bond donors (Lipinski definition) is 0. The van der Waals surface area contributed by atoms with Gasteiger partial charge in [0.15, 0.2) is 0 Å². The first-order valence-electron chi connectivity index (χ1n) is 2.32. The quantitative estimate of drug-likeness (QED) is 0.363. The molecule has 0 unspecified atom stereocenters.